The molecule has 0 aliphatic carbocycles. The molecule has 0 saturated carbocycles. The van der Waals surface area contributed by atoms with Crippen molar-refractivity contribution in [2.24, 2.45) is 0 Å². The Morgan fingerprint density at radius 2 is 0.921 bits per heavy atom. The molecule has 3 aromatic rings. The van der Waals surface area contributed by atoms with E-state index < -0.39 is 19.2 Å². The van der Waals surface area contributed by atoms with Crippen LogP contribution in [0.15, 0.2) is 72.8 Å². The van der Waals surface area contributed by atoms with Gasteiger partial charge in [0.15, 0.2) is 0 Å². The molecule has 0 aromatic heterocycles. The molecule has 6 nitrogen and oxygen atoms in total. The molecule has 0 amide bonds. The van der Waals surface area contributed by atoms with Crippen LogP contribution < -0.4 is 33.6 Å². The van der Waals surface area contributed by atoms with Crippen LogP contribution in [0.3, 0.4) is 0 Å². The maximum atomic E-state index is 11.4. The Balaban J connectivity index is 0.000000562. The summed E-state index contributed by atoms with van der Waals surface area (Å²) in [6.45, 7) is 6.51. The van der Waals surface area contributed by atoms with E-state index >= 15 is 0 Å². The van der Waals surface area contributed by atoms with Crippen molar-refractivity contribution in [1.82, 2.24) is 4.90 Å². The zero-order chi connectivity index (χ0) is 27.3. The van der Waals surface area contributed by atoms with Gasteiger partial charge in [-0.15, -0.1) is 19.8 Å². The van der Waals surface area contributed by atoms with Crippen LogP contribution in [-0.4, -0.2) is 87.5 Å². The van der Waals surface area contributed by atoms with Crippen LogP contribution in [0.25, 0.3) is 0 Å². The van der Waals surface area contributed by atoms with Gasteiger partial charge in [0.1, 0.15) is 0 Å². The molecule has 38 heavy (non-hydrogen) atoms. The smallest absolute Gasteiger partial charge is 0.854 e. The molecule has 3 aromatic carbocycles. The number of benzene rings is 3. The normalized spacial score (nSPS) is 10.9. The summed E-state index contributed by atoms with van der Waals surface area (Å²) in [6.07, 6.45) is 0.0790. The number of carboxylic acid groups (broad SMARTS) is 1. The molecule has 0 aliphatic heterocycles. The van der Waals surface area contributed by atoms with Crippen LogP contribution >= 0.6 is 0 Å². The predicted octanol–water partition coefficient (Wildman–Crippen LogP) is -1.79. The van der Waals surface area contributed by atoms with Crippen molar-refractivity contribution in [3.05, 3.63) is 89.5 Å². The van der Waals surface area contributed by atoms with E-state index in [1.807, 2.05) is 0 Å². The SMILES string of the molecule is Cc1cc[c]([Ge]([CH2]CC(=O)[O-])([c]2ccc(C)cc2)[c]2ccc(C)cc2)cc1.[O-]CCN(CC[O-])CC[O-].[Sn+4]. The maximum absolute atomic E-state index is 11.4. The number of aliphatic carboxylic acids is 1. The van der Waals surface area contributed by atoms with Crippen molar-refractivity contribution in [3.8, 4) is 0 Å². The molecule has 0 spiro atoms. The second-order valence-corrected chi connectivity index (χ2v) is 17.8. The fourth-order valence-electron chi connectivity index (χ4n) is 4.46. The molecule has 0 N–H and O–H groups in total. The van der Waals surface area contributed by atoms with Gasteiger partial charge in [-0.05, 0) is 19.6 Å². The summed E-state index contributed by atoms with van der Waals surface area (Å²) >= 11 is -3.16. The largest absolute Gasteiger partial charge is 4.00 e. The number of rotatable bonds is 12. The van der Waals surface area contributed by atoms with Gasteiger partial charge < -0.3 is 20.2 Å². The molecule has 0 radical (unpaired) electrons. The van der Waals surface area contributed by atoms with Crippen molar-refractivity contribution in [3.63, 3.8) is 0 Å². The first-order valence-electron chi connectivity index (χ1n) is 12.6. The third-order valence-electron chi connectivity index (χ3n) is 6.56. The summed E-state index contributed by atoms with van der Waals surface area (Å²) in [6, 6.07) is 26.0. The Bertz CT molecular complexity index is 950. The Morgan fingerprint density at radius 3 is 1.16 bits per heavy atom. The standard InChI is InChI=1S/C24H26GeO2.C6H12NO3.Sn/c1-18-4-10-21(11-5-18)25(17-16-24(26)27,22-12-6-19(2)7-13-22)23-14-8-20(3)9-15-23;8-4-1-7(2-5-9)3-6-10;/h4-15H,16-17H2,1-3H3,(H,26,27);1-6H2;/q;-3;+4/p-1. The first-order chi connectivity index (χ1) is 17.8. The fourth-order valence-corrected chi connectivity index (χ4v) is 14.2. The second kappa shape index (κ2) is 17.8. The van der Waals surface area contributed by atoms with Gasteiger partial charge in [0.25, 0.3) is 0 Å². The zero-order valence-electron chi connectivity index (χ0n) is 22.6. The van der Waals surface area contributed by atoms with E-state index in [0.717, 1.165) is 0 Å². The minimum Gasteiger partial charge on any atom is -0.854 e. The molecule has 0 atom stereocenters. The fraction of sp³-hybridized carbons (Fsp3) is 0.367. The molecule has 0 saturated heterocycles. The molecule has 0 bridgehead atoms. The molecule has 0 heterocycles. The average Bonchev–Trinajstić information content (AvgIpc) is 2.88. The van der Waals surface area contributed by atoms with E-state index in [-0.39, 0.29) is 50.1 Å². The van der Waals surface area contributed by atoms with Crippen molar-refractivity contribution >= 4 is 56.3 Å². The van der Waals surface area contributed by atoms with Gasteiger partial charge >= 0.3 is 188 Å². The topological polar surface area (TPSA) is 113 Å². The quantitative estimate of drug-likeness (QED) is 0.209. The number of carbonyl (C=O) groups is 1. The maximum Gasteiger partial charge on any atom is 4.00 e. The Hall–Kier alpha value is -1.69. The molecule has 0 aliphatic rings. The average molecular weight is 683 g/mol. The summed E-state index contributed by atoms with van der Waals surface area (Å²) in [4.78, 5) is 13.0. The molecule has 0 fully saturated rings. The Labute approximate surface area is 246 Å². The van der Waals surface area contributed by atoms with Crippen molar-refractivity contribution in [2.75, 3.05) is 39.5 Å². The number of nitrogens with zero attached hydrogens (tertiary/aromatic N) is 1. The van der Waals surface area contributed by atoms with E-state index in [1.54, 1.807) is 4.90 Å². The van der Waals surface area contributed by atoms with Gasteiger partial charge in [0, 0.05) is 0 Å². The summed E-state index contributed by atoms with van der Waals surface area (Å²) in [5.41, 5.74) is 3.63. The van der Waals surface area contributed by atoms with Crippen LogP contribution in [-0.2, 0) is 4.79 Å². The van der Waals surface area contributed by atoms with Crippen LogP contribution in [0, 0.1) is 20.8 Å². The van der Waals surface area contributed by atoms with Gasteiger partial charge in [0.2, 0.25) is 0 Å². The number of hydrogen-bond acceptors (Lipinski definition) is 6. The molecule has 200 valence electrons. The van der Waals surface area contributed by atoms with Gasteiger partial charge in [-0.2, -0.15) is 0 Å². The van der Waals surface area contributed by atoms with Crippen molar-refractivity contribution in [1.29, 1.82) is 0 Å². The minimum absolute atomic E-state index is 0. The first-order valence-corrected chi connectivity index (χ1v) is 17.3. The first kappa shape index (κ1) is 34.3. The molecular weight excluding hydrogens is 646 g/mol. The van der Waals surface area contributed by atoms with Crippen LogP contribution in [0.4, 0.5) is 0 Å². The summed E-state index contributed by atoms with van der Waals surface area (Å²) in [5.74, 6) is -0.976. The van der Waals surface area contributed by atoms with E-state index in [0.29, 0.717) is 24.9 Å². The molecular formula is C30H37GeNO5Sn. The van der Waals surface area contributed by atoms with Crippen molar-refractivity contribution < 1.29 is 25.2 Å². The molecule has 3 rings (SSSR count). The molecule has 0 unspecified atom stereocenters. The Morgan fingerprint density at radius 1 is 0.632 bits per heavy atom. The van der Waals surface area contributed by atoms with E-state index in [1.165, 1.54) is 29.9 Å². The van der Waals surface area contributed by atoms with Gasteiger partial charge in [-0.3, -0.25) is 0 Å². The van der Waals surface area contributed by atoms with Gasteiger partial charge in [-0.25, -0.2) is 0 Å². The Kier molecular flexibility index (Phi) is 16.1. The van der Waals surface area contributed by atoms with Crippen LogP contribution in [0.5, 0.6) is 0 Å². The summed E-state index contributed by atoms with van der Waals surface area (Å²) < 4.78 is 3.86. The third-order valence-corrected chi connectivity index (χ3v) is 17.0. The van der Waals surface area contributed by atoms with E-state index in [9.17, 15) is 25.2 Å². The predicted molar refractivity (Wildman–Crippen MR) is 149 cm³/mol. The third kappa shape index (κ3) is 10.1. The number of carbonyl (C=O) groups excluding carboxylic acids is 1. The summed E-state index contributed by atoms with van der Waals surface area (Å²) in [7, 11) is 0. The van der Waals surface area contributed by atoms with Gasteiger partial charge in [-0.1, -0.05) is 0 Å². The second-order valence-electron chi connectivity index (χ2n) is 9.33. The monoisotopic (exact) mass is 685 g/mol. The zero-order valence-corrected chi connectivity index (χ0v) is 27.5. The summed E-state index contributed by atoms with van der Waals surface area (Å²) in [5, 5.41) is 42.2. The van der Waals surface area contributed by atoms with Crippen molar-refractivity contribution in [2.45, 2.75) is 32.4 Å². The van der Waals surface area contributed by atoms with E-state index in [4.69, 9.17) is 0 Å². The number of hydrogen-bond donors (Lipinski definition) is 0. The van der Waals surface area contributed by atoms with Crippen LogP contribution in [0.1, 0.15) is 23.1 Å². The molecule has 8 heteroatoms. The number of carboxylic acids is 1. The number of aryl methyl sites for hydroxylation is 3. The van der Waals surface area contributed by atoms with Crippen LogP contribution in [0.2, 0.25) is 5.25 Å². The minimum atomic E-state index is -3.16. The van der Waals surface area contributed by atoms with E-state index in [2.05, 4.69) is 93.6 Å². The van der Waals surface area contributed by atoms with Gasteiger partial charge in [0.05, 0.1) is 0 Å².